The van der Waals surface area contributed by atoms with Gasteiger partial charge in [-0.2, -0.15) is 0 Å². The Labute approximate surface area is 179 Å². The van der Waals surface area contributed by atoms with E-state index in [-0.39, 0.29) is 23.0 Å². The fraction of sp³-hybridized carbons (Fsp3) is 0.240. The molecule has 1 atom stereocenters. The van der Waals surface area contributed by atoms with Crippen LogP contribution in [0.1, 0.15) is 51.5 Å². The zero-order valence-corrected chi connectivity index (χ0v) is 17.3. The number of ketones is 3. The average molecular weight is 415 g/mol. The largest absolute Gasteiger partial charge is 0.493 e. The van der Waals surface area contributed by atoms with Gasteiger partial charge in [0.25, 0.3) is 0 Å². The van der Waals surface area contributed by atoms with Crippen LogP contribution in [0.4, 0.5) is 0 Å². The van der Waals surface area contributed by atoms with Gasteiger partial charge in [-0.15, -0.1) is 0 Å². The number of ether oxygens (including phenoxy) is 2. The Balaban J connectivity index is 1.76. The lowest BCUT2D eigenvalue weighted by molar-refractivity contribution is -0.116. The van der Waals surface area contributed by atoms with E-state index in [1.165, 1.54) is 7.11 Å². The molecule has 0 bridgehead atoms. The number of rotatable bonds is 3. The SMILES string of the molecule is COc1ccc(C2C3=C(CCCC3=O)NC3=C2C(=O)c2ccccc2C3=O)cc1OC. The van der Waals surface area contributed by atoms with Crippen molar-refractivity contribution < 1.29 is 23.9 Å². The van der Waals surface area contributed by atoms with Gasteiger partial charge in [0.05, 0.1) is 19.9 Å². The highest BCUT2D eigenvalue weighted by molar-refractivity contribution is 6.28. The highest BCUT2D eigenvalue weighted by Crippen LogP contribution is 2.47. The number of Topliss-reactive ketones (excluding diaryl/α,β-unsaturated/α-hetero) is 3. The molecule has 0 aromatic heterocycles. The first kappa shape index (κ1) is 19.3. The van der Waals surface area contributed by atoms with Crippen molar-refractivity contribution in [3.05, 3.63) is 81.7 Å². The predicted octanol–water partition coefficient (Wildman–Crippen LogP) is 3.73. The molecule has 2 aromatic carbocycles. The van der Waals surface area contributed by atoms with Crippen molar-refractivity contribution in [1.82, 2.24) is 5.32 Å². The van der Waals surface area contributed by atoms with Crippen molar-refractivity contribution in [2.45, 2.75) is 25.2 Å². The van der Waals surface area contributed by atoms with Gasteiger partial charge in [-0.05, 0) is 30.5 Å². The van der Waals surface area contributed by atoms with Crippen molar-refractivity contribution in [3.8, 4) is 11.5 Å². The summed E-state index contributed by atoms with van der Waals surface area (Å²) in [6.07, 6.45) is 1.79. The number of methoxy groups -OCH3 is 2. The Morgan fingerprint density at radius 3 is 2.26 bits per heavy atom. The molecule has 0 spiro atoms. The molecule has 1 heterocycles. The van der Waals surface area contributed by atoms with Gasteiger partial charge in [0, 0.05) is 40.3 Å². The van der Waals surface area contributed by atoms with Crippen LogP contribution in [-0.4, -0.2) is 31.6 Å². The zero-order chi connectivity index (χ0) is 21.7. The fourth-order valence-electron chi connectivity index (χ4n) is 4.78. The first-order chi connectivity index (χ1) is 15.0. The third kappa shape index (κ3) is 2.82. The van der Waals surface area contributed by atoms with Gasteiger partial charge in [0.2, 0.25) is 5.78 Å². The van der Waals surface area contributed by atoms with Crippen LogP contribution in [0, 0.1) is 0 Å². The van der Waals surface area contributed by atoms with Gasteiger partial charge in [0.1, 0.15) is 0 Å². The number of nitrogens with one attached hydrogen (secondary N) is 1. The first-order valence-electron chi connectivity index (χ1n) is 10.2. The third-order valence-electron chi connectivity index (χ3n) is 6.21. The van der Waals surface area contributed by atoms with Crippen LogP contribution in [0.25, 0.3) is 0 Å². The number of carbonyl (C=O) groups is 3. The number of hydrogen-bond donors (Lipinski definition) is 1. The van der Waals surface area contributed by atoms with E-state index in [1.807, 2.05) is 6.07 Å². The lowest BCUT2D eigenvalue weighted by Gasteiger charge is -2.37. The maximum atomic E-state index is 13.6. The number of benzene rings is 2. The normalized spacial score (nSPS) is 20.1. The Hall–Kier alpha value is -3.67. The van der Waals surface area contributed by atoms with E-state index in [1.54, 1.807) is 43.5 Å². The van der Waals surface area contributed by atoms with E-state index < -0.39 is 5.92 Å². The van der Waals surface area contributed by atoms with Crippen LogP contribution >= 0.6 is 0 Å². The molecule has 0 fully saturated rings. The summed E-state index contributed by atoms with van der Waals surface area (Å²) in [4.78, 5) is 40.0. The zero-order valence-electron chi connectivity index (χ0n) is 17.3. The van der Waals surface area contributed by atoms with Crippen molar-refractivity contribution in [1.29, 1.82) is 0 Å². The minimum Gasteiger partial charge on any atom is -0.493 e. The van der Waals surface area contributed by atoms with E-state index >= 15 is 0 Å². The van der Waals surface area contributed by atoms with E-state index in [9.17, 15) is 14.4 Å². The molecule has 2 aliphatic carbocycles. The molecule has 1 aliphatic heterocycles. The predicted molar refractivity (Wildman–Crippen MR) is 113 cm³/mol. The summed E-state index contributed by atoms with van der Waals surface area (Å²) < 4.78 is 10.8. The maximum Gasteiger partial charge on any atom is 0.210 e. The Morgan fingerprint density at radius 2 is 1.55 bits per heavy atom. The van der Waals surface area contributed by atoms with Crippen LogP contribution in [0.5, 0.6) is 11.5 Å². The highest BCUT2D eigenvalue weighted by atomic mass is 16.5. The highest BCUT2D eigenvalue weighted by Gasteiger charge is 2.44. The molecule has 5 rings (SSSR count). The molecule has 2 aromatic rings. The molecule has 0 saturated heterocycles. The fourth-order valence-corrected chi connectivity index (χ4v) is 4.78. The van der Waals surface area contributed by atoms with Gasteiger partial charge >= 0.3 is 0 Å². The van der Waals surface area contributed by atoms with Gasteiger partial charge in [-0.25, -0.2) is 0 Å². The van der Waals surface area contributed by atoms with Crippen molar-refractivity contribution >= 4 is 17.3 Å². The molecule has 0 radical (unpaired) electrons. The Kier molecular flexibility index (Phi) is 4.50. The Bertz CT molecular complexity index is 1220. The number of hydrogen-bond acceptors (Lipinski definition) is 6. The summed E-state index contributed by atoms with van der Waals surface area (Å²) in [5.41, 5.74) is 3.37. The second-order valence-corrected chi connectivity index (χ2v) is 7.83. The summed E-state index contributed by atoms with van der Waals surface area (Å²) in [6.45, 7) is 0. The van der Waals surface area contributed by atoms with Crippen molar-refractivity contribution in [2.75, 3.05) is 14.2 Å². The molecule has 31 heavy (non-hydrogen) atoms. The number of allylic oxidation sites excluding steroid dienone is 4. The van der Waals surface area contributed by atoms with Crippen molar-refractivity contribution in [3.63, 3.8) is 0 Å². The van der Waals surface area contributed by atoms with Crippen LogP contribution < -0.4 is 14.8 Å². The molecule has 156 valence electrons. The van der Waals surface area contributed by atoms with Crippen molar-refractivity contribution in [2.24, 2.45) is 0 Å². The Morgan fingerprint density at radius 1 is 0.839 bits per heavy atom. The molecule has 1 unspecified atom stereocenters. The maximum absolute atomic E-state index is 13.6. The van der Waals surface area contributed by atoms with E-state index in [0.29, 0.717) is 53.0 Å². The first-order valence-corrected chi connectivity index (χ1v) is 10.2. The third-order valence-corrected chi connectivity index (χ3v) is 6.21. The minimum absolute atomic E-state index is 0.000748. The van der Waals surface area contributed by atoms with Gasteiger partial charge in [-0.1, -0.05) is 30.3 Å². The van der Waals surface area contributed by atoms with Crippen LogP contribution in [-0.2, 0) is 4.79 Å². The topological polar surface area (TPSA) is 81.7 Å². The molecule has 1 N–H and O–H groups in total. The molecule has 6 heteroatoms. The summed E-state index contributed by atoms with van der Waals surface area (Å²) in [5.74, 6) is -0.0402. The summed E-state index contributed by atoms with van der Waals surface area (Å²) >= 11 is 0. The molecule has 3 aliphatic rings. The standard InChI is InChI=1S/C25H21NO5/c1-30-18-11-10-13(12-19(18)31-2)20-21-16(8-5-9-17(21)27)26-23-22(20)24(28)14-6-3-4-7-15(14)25(23)29/h3-4,6-7,10-12,20,26H,5,8-9H2,1-2H3. The smallest absolute Gasteiger partial charge is 0.210 e. The van der Waals surface area contributed by atoms with E-state index in [2.05, 4.69) is 5.32 Å². The molecule has 0 amide bonds. The second-order valence-electron chi connectivity index (χ2n) is 7.83. The summed E-state index contributed by atoms with van der Waals surface area (Å²) in [5, 5.41) is 3.17. The van der Waals surface area contributed by atoms with E-state index in [4.69, 9.17) is 9.47 Å². The number of dihydropyridines is 1. The molecular formula is C25H21NO5. The van der Waals surface area contributed by atoms with Gasteiger partial charge in [0.15, 0.2) is 23.1 Å². The average Bonchev–Trinajstić information content (AvgIpc) is 2.81. The van der Waals surface area contributed by atoms with Gasteiger partial charge < -0.3 is 14.8 Å². The summed E-state index contributed by atoms with van der Waals surface area (Å²) in [7, 11) is 3.09. The lowest BCUT2D eigenvalue weighted by Crippen LogP contribution is -2.40. The monoisotopic (exact) mass is 415 g/mol. The lowest BCUT2D eigenvalue weighted by atomic mass is 9.70. The summed E-state index contributed by atoms with van der Waals surface area (Å²) in [6, 6.07) is 12.2. The van der Waals surface area contributed by atoms with Crippen LogP contribution in [0.3, 0.4) is 0 Å². The molecular weight excluding hydrogens is 394 g/mol. The van der Waals surface area contributed by atoms with E-state index in [0.717, 1.165) is 11.3 Å². The minimum atomic E-state index is -0.635. The molecule has 6 nitrogen and oxygen atoms in total. The second kappa shape index (κ2) is 7.23. The van der Waals surface area contributed by atoms with Crippen LogP contribution in [0.15, 0.2) is 65.0 Å². The van der Waals surface area contributed by atoms with Gasteiger partial charge in [-0.3, -0.25) is 14.4 Å². The quantitative estimate of drug-likeness (QED) is 0.823. The number of fused-ring (bicyclic) bond motifs is 1. The number of carbonyl (C=O) groups excluding carboxylic acids is 3. The van der Waals surface area contributed by atoms with Crippen LogP contribution in [0.2, 0.25) is 0 Å². The molecule has 0 saturated carbocycles.